The number of carbonyl (C=O) groups is 2. The third kappa shape index (κ3) is 3.59. The van der Waals surface area contributed by atoms with Gasteiger partial charge in [0.2, 0.25) is 5.75 Å². The van der Waals surface area contributed by atoms with Gasteiger partial charge >= 0.3 is 11.7 Å². The minimum atomic E-state index is -1.22. The zero-order valence-electron chi connectivity index (χ0n) is 11.6. The second-order valence-electron chi connectivity index (χ2n) is 4.02. The summed E-state index contributed by atoms with van der Waals surface area (Å²) in [5, 5.41) is 21.9. The van der Waals surface area contributed by atoms with Gasteiger partial charge in [-0.2, -0.15) is 0 Å². The van der Waals surface area contributed by atoms with Crippen LogP contribution in [-0.2, 0) is 4.79 Å². The molecule has 0 heterocycles. The molecular formula is C12H14N2O7. The van der Waals surface area contributed by atoms with Gasteiger partial charge in [-0.05, 0) is 13.0 Å². The highest BCUT2D eigenvalue weighted by molar-refractivity contribution is 5.98. The van der Waals surface area contributed by atoms with Crippen LogP contribution in [-0.4, -0.2) is 42.2 Å². The number of benzene rings is 1. The summed E-state index contributed by atoms with van der Waals surface area (Å²) in [5.74, 6) is -2.11. The van der Waals surface area contributed by atoms with E-state index in [-0.39, 0.29) is 17.1 Å². The van der Waals surface area contributed by atoms with Crippen molar-refractivity contribution >= 4 is 17.6 Å². The number of amides is 1. The zero-order valence-corrected chi connectivity index (χ0v) is 11.6. The van der Waals surface area contributed by atoms with Gasteiger partial charge in [0.1, 0.15) is 6.04 Å². The van der Waals surface area contributed by atoms with Crippen LogP contribution in [0.5, 0.6) is 11.5 Å². The molecule has 9 nitrogen and oxygen atoms in total. The van der Waals surface area contributed by atoms with Gasteiger partial charge in [0.15, 0.2) is 5.75 Å². The van der Waals surface area contributed by atoms with Crippen molar-refractivity contribution in [2.24, 2.45) is 0 Å². The molecule has 0 aliphatic rings. The minimum Gasteiger partial charge on any atom is -0.493 e. The minimum absolute atomic E-state index is 0.000159. The number of aliphatic carboxylic acids is 1. The number of methoxy groups -OCH3 is 2. The van der Waals surface area contributed by atoms with Crippen molar-refractivity contribution in [3.05, 3.63) is 27.8 Å². The molecule has 1 aromatic rings. The highest BCUT2D eigenvalue weighted by Crippen LogP contribution is 2.37. The second kappa shape index (κ2) is 6.55. The second-order valence-corrected chi connectivity index (χ2v) is 4.02. The molecule has 0 aliphatic carbocycles. The van der Waals surface area contributed by atoms with Crippen molar-refractivity contribution < 1.29 is 29.1 Å². The van der Waals surface area contributed by atoms with E-state index in [2.05, 4.69) is 5.32 Å². The van der Waals surface area contributed by atoms with E-state index in [1.165, 1.54) is 27.2 Å². The van der Waals surface area contributed by atoms with Crippen molar-refractivity contribution in [2.45, 2.75) is 13.0 Å². The first-order valence-electron chi connectivity index (χ1n) is 5.75. The molecule has 1 amide bonds. The van der Waals surface area contributed by atoms with Gasteiger partial charge < -0.3 is 19.9 Å². The lowest BCUT2D eigenvalue weighted by atomic mass is 10.1. The molecule has 114 valence electrons. The lowest BCUT2D eigenvalue weighted by Crippen LogP contribution is -2.38. The van der Waals surface area contributed by atoms with Crippen LogP contribution in [0, 0.1) is 10.1 Å². The molecule has 0 aromatic heterocycles. The standard InChI is InChI=1S/C12H14N2O7/c1-6(12(16)17)13-11(15)7-4-8(14(18)19)10(21-3)9(5-7)20-2/h4-6H,1-3H3,(H,13,15)(H,16,17)/t6-/m0/s1. The quantitative estimate of drug-likeness (QED) is 0.587. The van der Waals surface area contributed by atoms with Crippen molar-refractivity contribution in [3.8, 4) is 11.5 Å². The van der Waals surface area contributed by atoms with Crippen molar-refractivity contribution in [1.29, 1.82) is 0 Å². The molecule has 0 radical (unpaired) electrons. The molecule has 1 aromatic carbocycles. The molecule has 0 spiro atoms. The molecular weight excluding hydrogens is 284 g/mol. The molecule has 0 fully saturated rings. The van der Waals surface area contributed by atoms with Gasteiger partial charge in [0.25, 0.3) is 5.91 Å². The third-order valence-electron chi connectivity index (χ3n) is 2.64. The lowest BCUT2D eigenvalue weighted by Gasteiger charge is -2.12. The average molecular weight is 298 g/mol. The molecule has 2 N–H and O–H groups in total. The lowest BCUT2D eigenvalue weighted by molar-refractivity contribution is -0.385. The van der Waals surface area contributed by atoms with Crippen LogP contribution >= 0.6 is 0 Å². The van der Waals surface area contributed by atoms with E-state index in [1.54, 1.807) is 0 Å². The number of hydrogen-bond donors (Lipinski definition) is 2. The van der Waals surface area contributed by atoms with Gasteiger partial charge in [-0.3, -0.25) is 19.7 Å². The normalized spacial score (nSPS) is 11.4. The Morgan fingerprint density at radius 2 is 1.95 bits per heavy atom. The first-order valence-corrected chi connectivity index (χ1v) is 5.75. The SMILES string of the molecule is COc1cc(C(=O)N[C@@H](C)C(=O)O)cc([N+](=O)[O-])c1OC. The van der Waals surface area contributed by atoms with Gasteiger partial charge in [-0.25, -0.2) is 0 Å². The summed E-state index contributed by atoms with van der Waals surface area (Å²) in [6.07, 6.45) is 0. The fourth-order valence-corrected chi connectivity index (χ4v) is 1.55. The average Bonchev–Trinajstić information content (AvgIpc) is 2.45. The molecule has 9 heteroatoms. The smallest absolute Gasteiger partial charge is 0.325 e. The highest BCUT2D eigenvalue weighted by atomic mass is 16.6. The Morgan fingerprint density at radius 3 is 2.38 bits per heavy atom. The maximum Gasteiger partial charge on any atom is 0.325 e. The molecule has 0 unspecified atom stereocenters. The van der Waals surface area contributed by atoms with Gasteiger partial charge in [0.05, 0.1) is 24.7 Å². The number of carbonyl (C=O) groups excluding carboxylic acids is 1. The Bertz CT molecular complexity index is 585. The van der Waals surface area contributed by atoms with Crippen LogP contribution < -0.4 is 14.8 Å². The van der Waals surface area contributed by atoms with Crippen molar-refractivity contribution in [1.82, 2.24) is 5.32 Å². The van der Waals surface area contributed by atoms with Gasteiger partial charge in [0, 0.05) is 6.07 Å². The number of rotatable bonds is 6. The maximum atomic E-state index is 11.9. The number of nitrogens with one attached hydrogen (secondary N) is 1. The molecule has 0 saturated carbocycles. The van der Waals surface area contributed by atoms with Gasteiger partial charge in [-0.15, -0.1) is 0 Å². The zero-order chi connectivity index (χ0) is 16.2. The van der Waals surface area contributed by atoms with E-state index in [4.69, 9.17) is 14.6 Å². The van der Waals surface area contributed by atoms with E-state index in [0.29, 0.717) is 0 Å². The summed E-state index contributed by atoms with van der Waals surface area (Å²) in [7, 11) is 2.50. The highest BCUT2D eigenvalue weighted by Gasteiger charge is 2.25. The summed E-state index contributed by atoms with van der Waals surface area (Å²) in [4.78, 5) is 32.9. The predicted octanol–water partition coefficient (Wildman–Crippen LogP) is 0.815. The maximum absolute atomic E-state index is 11.9. The fraction of sp³-hybridized carbons (Fsp3) is 0.333. The number of hydrogen-bond acceptors (Lipinski definition) is 6. The molecule has 1 rings (SSSR count). The Hall–Kier alpha value is -2.84. The third-order valence-corrected chi connectivity index (χ3v) is 2.64. The largest absolute Gasteiger partial charge is 0.493 e. The first kappa shape index (κ1) is 16.2. The van der Waals surface area contributed by atoms with Crippen LogP contribution in [0.4, 0.5) is 5.69 Å². The van der Waals surface area contributed by atoms with Crippen molar-refractivity contribution in [2.75, 3.05) is 14.2 Å². The Kier molecular flexibility index (Phi) is 5.06. The summed E-state index contributed by atoms with van der Waals surface area (Å²) < 4.78 is 9.83. The van der Waals surface area contributed by atoms with Crippen LogP contribution in [0.1, 0.15) is 17.3 Å². The van der Waals surface area contributed by atoms with Crippen LogP contribution in [0.15, 0.2) is 12.1 Å². The molecule has 21 heavy (non-hydrogen) atoms. The Morgan fingerprint density at radius 1 is 1.33 bits per heavy atom. The topological polar surface area (TPSA) is 128 Å². The Balaban J connectivity index is 3.25. The fourth-order valence-electron chi connectivity index (χ4n) is 1.55. The summed E-state index contributed by atoms with van der Waals surface area (Å²) in [6.45, 7) is 1.27. The van der Waals surface area contributed by atoms with Crippen LogP contribution in [0.3, 0.4) is 0 Å². The summed E-state index contributed by atoms with van der Waals surface area (Å²) >= 11 is 0. The molecule has 1 atom stereocenters. The number of carboxylic acids is 1. The number of nitro groups is 1. The van der Waals surface area contributed by atoms with E-state index in [1.807, 2.05) is 0 Å². The predicted molar refractivity (Wildman–Crippen MR) is 70.8 cm³/mol. The van der Waals surface area contributed by atoms with Crippen LogP contribution in [0.2, 0.25) is 0 Å². The number of carboxylic acid groups (broad SMARTS) is 1. The molecule has 0 saturated heterocycles. The van der Waals surface area contributed by atoms with Crippen LogP contribution in [0.25, 0.3) is 0 Å². The van der Waals surface area contributed by atoms with Crippen molar-refractivity contribution in [3.63, 3.8) is 0 Å². The first-order chi connectivity index (χ1) is 9.81. The van der Waals surface area contributed by atoms with E-state index in [0.717, 1.165) is 6.07 Å². The van der Waals surface area contributed by atoms with E-state index >= 15 is 0 Å². The molecule has 0 bridgehead atoms. The Labute approximate surface area is 119 Å². The van der Waals surface area contributed by atoms with E-state index < -0.39 is 28.5 Å². The number of nitrogens with zero attached hydrogens (tertiary/aromatic N) is 1. The van der Waals surface area contributed by atoms with Gasteiger partial charge in [-0.1, -0.05) is 0 Å². The number of nitro benzene ring substituents is 1. The van der Waals surface area contributed by atoms with E-state index in [9.17, 15) is 19.7 Å². The monoisotopic (exact) mass is 298 g/mol. The molecule has 0 aliphatic heterocycles. The summed E-state index contributed by atoms with van der Waals surface area (Å²) in [5.41, 5.74) is -0.558. The summed E-state index contributed by atoms with van der Waals surface area (Å²) in [6, 6.07) is 1.09. The number of ether oxygens (including phenoxy) is 2.